The van der Waals surface area contributed by atoms with Crippen molar-refractivity contribution in [2.75, 3.05) is 20.8 Å². The Morgan fingerprint density at radius 3 is 2.11 bits per heavy atom. The smallest absolute Gasteiger partial charge is 0.407 e. The quantitative estimate of drug-likeness (QED) is 0.109. The number of hydrogen-bond acceptors (Lipinski definition) is 7. The number of alkyl halides is 2. The lowest BCUT2D eigenvalue weighted by atomic mass is 9.95. The average molecular weight is 904 g/mol. The molecular formula is C50H55F2N7O6. The monoisotopic (exact) mass is 904 g/mol. The molecule has 1 spiro atoms. The van der Waals surface area contributed by atoms with Crippen LogP contribution in [-0.4, -0.2) is 87.6 Å². The summed E-state index contributed by atoms with van der Waals surface area (Å²) in [7, 11) is 1.73. The van der Waals surface area contributed by atoms with Gasteiger partial charge in [-0.15, -0.1) is 0 Å². The number of amides is 4. The summed E-state index contributed by atoms with van der Waals surface area (Å²) in [6, 6.07) is 7.41. The zero-order valence-corrected chi connectivity index (χ0v) is 35.2. The lowest BCUT2D eigenvalue weighted by molar-refractivity contribution is -0.139. The fourth-order valence-electron chi connectivity index (χ4n) is 10.4. The second kappa shape index (κ2) is 15.7. The number of H-pyrrole nitrogens is 2. The lowest BCUT2D eigenvalue weighted by Crippen LogP contribution is -2.54. The van der Waals surface area contributed by atoms with Crippen LogP contribution < -0.4 is 10.6 Å². The number of ether oxygens (including phenoxy) is 2. The van der Waals surface area contributed by atoms with Gasteiger partial charge in [-0.1, -0.05) is 57.7 Å². The number of nitrogens with zero attached hydrogens (tertiary/aromatic N) is 3. The lowest BCUT2D eigenvalue weighted by Gasteiger charge is -2.37. The molecule has 13 nitrogen and oxygen atoms in total. The molecule has 0 unspecified atom stereocenters. The number of fused-ring (bicyclic) bond motifs is 6. The molecule has 3 aliphatic carbocycles. The van der Waals surface area contributed by atoms with Gasteiger partial charge in [0, 0.05) is 54.3 Å². The molecule has 4 heterocycles. The second-order valence-electron chi connectivity index (χ2n) is 17.5. The fraction of sp³-hybridized carbons (Fsp3) is 0.460. The molecule has 65 heavy (non-hydrogen) atoms. The second-order valence-corrected chi connectivity index (χ2v) is 17.5. The Morgan fingerprint density at radius 1 is 0.815 bits per heavy atom. The number of alkyl carbamates (subject to hydrolysis) is 2. The zero-order valence-electron chi connectivity index (χ0n) is 51.2. The van der Waals surface area contributed by atoms with E-state index in [9.17, 15) is 21.9 Å². The summed E-state index contributed by atoms with van der Waals surface area (Å²) in [6.45, 7) is -15.3. The standard InChI is InChI=1S/C50H55F2N7O6/c1-25(2)41(56-47(62)64-5)45(60)58-24-49(17-18-49)23-40(58)38-16-15-36(53-38)29-9-13-33-32-12-8-27(20-34(32)50(51,52)35(33)21-29)28-10-14-37-39(22-28)55-44(54-37)43-30-7-11-31(19-30)59(43)46(61)42(26(3)4)57-48(63)65-6/h8-10,12-16,20-22,25-26,30-31,40-43,53H,7,11,17-19,23-24H2,1-6H3,(H,54,55)(H,56,62)(H,57,63)/t30-,31+,40-,41+,42+,43-/m0/s1/i1D3,2D3,3D3,4D3,25D,26D,41D,42D. The largest absolute Gasteiger partial charge is 0.453 e. The number of carbonyl (C=O) groups is 4. The number of benzene rings is 3. The third-order valence-corrected chi connectivity index (χ3v) is 13.8. The van der Waals surface area contributed by atoms with E-state index in [0.717, 1.165) is 24.0 Å². The van der Waals surface area contributed by atoms with Crippen molar-refractivity contribution in [2.45, 2.75) is 102 Å². The van der Waals surface area contributed by atoms with Gasteiger partial charge in [0.2, 0.25) is 11.8 Å². The number of methoxy groups -OCH3 is 2. The van der Waals surface area contributed by atoms with Gasteiger partial charge in [0.15, 0.2) is 0 Å². The van der Waals surface area contributed by atoms with Crippen LogP contribution in [0, 0.1) is 23.1 Å². The first-order valence-corrected chi connectivity index (χ1v) is 21.1. The van der Waals surface area contributed by atoms with Crippen molar-refractivity contribution in [1.82, 2.24) is 35.4 Å². The Labute approximate surface area is 398 Å². The van der Waals surface area contributed by atoms with Gasteiger partial charge in [-0.3, -0.25) is 9.59 Å². The minimum absolute atomic E-state index is 0.0626. The van der Waals surface area contributed by atoms with E-state index in [2.05, 4.69) is 19.4 Å². The van der Waals surface area contributed by atoms with Crippen LogP contribution in [-0.2, 0) is 25.0 Å². The maximum atomic E-state index is 16.9. The van der Waals surface area contributed by atoms with Crippen molar-refractivity contribution in [3.8, 4) is 33.5 Å². The summed E-state index contributed by atoms with van der Waals surface area (Å²) in [6.07, 6.45) is -0.163. The minimum Gasteiger partial charge on any atom is -0.453 e. The Bertz CT molecular complexity index is 3390. The maximum Gasteiger partial charge on any atom is 0.407 e. The van der Waals surface area contributed by atoms with Gasteiger partial charge in [0.25, 0.3) is 5.92 Å². The Morgan fingerprint density at radius 2 is 1.45 bits per heavy atom. The Kier molecular flexibility index (Phi) is 6.76. The fourth-order valence-corrected chi connectivity index (χ4v) is 10.4. The van der Waals surface area contributed by atoms with Crippen LogP contribution >= 0.6 is 0 Å². The highest BCUT2D eigenvalue weighted by atomic mass is 19.3. The van der Waals surface area contributed by atoms with Gasteiger partial charge in [-0.25, -0.2) is 14.6 Å². The summed E-state index contributed by atoms with van der Waals surface area (Å²) in [5.41, 5.74) is 2.06. The number of halogens is 2. The number of aromatic nitrogens is 3. The summed E-state index contributed by atoms with van der Waals surface area (Å²) >= 11 is 0. The van der Waals surface area contributed by atoms with Gasteiger partial charge in [-0.2, -0.15) is 8.78 Å². The average Bonchev–Trinajstić information content (AvgIpc) is 2.11. The summed E-state index contributed by atoms with van der Waals surface area (Å²) in [5, 5.41) is 3.58. The predicted molar refractivity (Wildman–Crippen MR) is 240 cm³/mol. The van der Waals surface area contributed by atoms with Gasteiger partial charge >= 0.3 is 12.2 Å². The number of likely N-dealkylation sites (tertiary alicyclic amines) is 2. The molecule has 5 aromatic rings. The molecule has 2 saturated carbocycles. The summed E-state index contributed by atoms with van der Waals surface area (Å²) < 4.78 is 176. The van der Waals surface area contributed by atoms with E-state index in [-0.39, 0.29) is 47.0 Å². The number of rotatable bonds is 10. The predicted octanol–water partition coefficient (Wildman–Crippen LogP) is 9.21. The summed E-state index contributed by atoms with van der Waals surface area (Å²) in [5.74, 6) is -14.3. The van der Waals surface area contributed by atoms with Gasteiger partial charge in [0.1, 0.15) is 17.9 Å². The van der Waals surface area contributed by atoms with Crippen LogP contribution in [0.4, 0.5) is 18.4 Å². The molecule has 4 N–H and O–H groups in total. The first-order chi connectivity index (χ1) is 37.4. The molecule has 0 radical (unpaired) electrons. The number of imidazole rings is 1. The highest BCUT2D eigenvalue weighted by Gasteiger charge is 2.55. The molecule has 3 aromatic carbocycles. The van der Waals surface area contributed by atoms with E-state index in [1.807, 2.05) is 0 Å². The SMILES string of the molecule is [2H]C([2H])([2H])C([2H])(C([2H])([2H])[2H])[C@@]([2H])(NC(=O)OC)C(=O)N1CC2(CC2)C[C@H]1c1ccc(-c2ccc3c(c2)C(F)(F)c2cc(-c4ccc5nc([C@@H]6[C@H]7CC[C@H](C7)N6C(=O)[C@]([2H])(NC(=O)OC)C([2H])(C([2H])([2H])[2H])C([2H])([2H])[2H])[nH]c5c4)ccc2-3)[nH]1. The van der Waals surface area contributed by atoms with Crippen molar-refractivity contribution in [2.24, 2.45) is 23.1 Å². The van der Waals surface area contributed by atoms with Gasteiger partial charge < -0.3 is 39.9 Å². The molecule has 4 amide bonds. The van der Waals surface area contributed by atoms with Crippen LogP contribution in [0.2, 0.25) is 0 Å². The Hall–Kier alpha value is -6.25. The Balaban J connectivity index is 0.928. The highest BCUT2D eigenvalue weighted by molar-refractivity contribution is 5.89. The molecule has 5 aliphatic rings. The molecule has 6 atom stereocenters. The van der Waals surface area contributed by atoms with Crippen LogP contribution in [0.5, 0.6) is 0 Å². The zero-order chi connectivity index (χ0) is 59.4. The van der Waals surface area contributed by atoms with Crippen LogP contribution in [0.1, 0.15) is 123 Å². The first kappa shape index (κ1) is 27.9. The van der Waals surface area contributed by atoms with E-state index in [0.29, 0.717) is 71.2 Å². The normalized spacial score (nSPS) is 28.6. The van der Waals surface area contributed by atoms with E-state index >= 15 is 8.78 Å². The van der Waals surface area contributed by atoms with E-state index in [1.165, 1.54) is 12.1 Å². The molecule has 2 aromatic heterocycles. The van der Waals surface area contributed by atoms with Crippen molar-refractivity contribution in [3.05, 3.63) is 89.4 Å². The molecular weight excluding hydrogens is 833 g/mol. The molecule has 10 rings (SSSR count). The van der Waals surface area contributed by atoms with E-state index < -0.39 is 105 Å². The first-order valence-electron chi connectivity index (χ1n) is 29.1. The van der Waals surface area contributed by atoms with E-state index in [1.54, 1.807) is 65.2 Å². The van der Waals surface area contributed by atoms with Crippen LogP contribution in [0.15, 0.2) is 66.7 Å². The maximum absolute atomic E-state index is 16.9. The molecule has 15 heteroatoms. The third-order valence-electron chi connectivity index (χ3n) is 13.8. The topological polar surface area (TPSA) is 162 Å². The minimum atomic E-state index is -3.89. The number of piperidine rings is 1. The number of hydrogen-bond donors (Lipinski definition) is 4. The van der Waals surface area contributed by atoms with Crippen molar-refractivity contribution < 1.29 is 59.4 Å². The molecule has 2 bridgehead atoms. The number of aromatic amines is 2. The highest BCUT2D eigenvalue weighted by Crippen LogP contribution is 2.59. The van der Waals surface area contributed by atoms with Crippen LogP contribution in [0.25, 0.3) is 44.5 Å². The van der Waals surface area contributed by atoms with Crippen molar-refractivity contribution >= 4 is 35.0 Å². The number of carbonyl (C=O) groups excluding carboxylic acids is 4. The number of nitrogens with one attached hydrogen (secondary N) is 4. The summed E-state index contributed by atoms with van der Waals surface area (Å²) in [4.78, 5) is 68.0. The molecule has 2 saturated heterocycles. The van der Waals surface area contributed by atoms with Crippen molar-refractivity contribution in [1.29, 1.82) is 0 Å². The molecule has 2 aliphatic heterocycles. The van der Waals surface area contributed by atoms with E-state index in [4.69, 9.17) is 24.2 Å². The molecule has 340 valence electrons. The van der Waals surface area contributed by atoms with Gasteiger partial charge in [-0.05, 0) is 126 Å². The third kappa shape index (κ3) is 7.21. The van der Waals surface area contributed by atoms with Crippen LogP contribution in [0.3, 0.4) is 0 Å². The van der Waals surface area contributed by atoms with Crippen molar-refractivity contribution in [3.63, 3.8) is 0 Å². The molecule has 4 fully saturated rings. The van der Waals surface area contributed by atoms with Gasteiger partial charge in [0.05, 0.1) is 40.1 Å².